The second-order valence-corrected chi connectivity index (χ2v) is 6.28. The third kappa shape index (κ3) is 4.41. The summed E-state index contributed by atoms with van der Waals surface area (Å²) >= 11 is 7.35. The fourth-order valence-corrected chi connectivity index (χ4v) is 2.68. The van der Waals surface area contributed by atoms with Gasteiger partial charge in [-0.2, -0.15) is 0 Å². The maximum Gasteiger partial charge on any atom is 0.234 e. The molecule has 0 bridgehead atoms. The number of hydrogen-bond donors (Lipinski definition) is 2. The molecule has 2 aromatic rings. The van der Waals surface area contributed by atoms with Gasteiger partial charge in [0.2, 0.25) is 5.91 Å². The van der Waals surface area contributed by atoms with Crippen LogP contribution in [0.5, 0.6) is 0 Å². The highest BCUT2D eigenvalue weighted by molar-refractivity contribution is 8.00. The van der Waals surface area contributed by atoms with Crippen LogP contribution >= 0.6 is 23.4 Å². The Hall–Kier alpha value is -1.65. The van der Waals surface area contributed by atoms with Gasteiger partial charge in [0.15, 0.2) is 0 Å². The molecule has 0 aliphatic heterocycles. The number of carbonyl (C=O) groups is 1. The van der Waals surface area contributed by atoms with E-state index in [0.29, 0.717) is 22.2 Å². The Labute approximate surface area is 133 Å². The molecule has 0 atom stereocenters. The number of nitrogen functional groups attached to an aromatic ring is 1. The molecule has 21 heavy (non-hydrogen) atoms. The number of hydrogen-bond acceptors (Lipinski definition) is 3. The fraction of sp³-hybridized carbons (Fsp3) is 0.188. The van der Waals surface area contributed by atoms with E-state index in [1.807, 2.05) is 6.07 Å². The summed E-state index contributed by atoms with van der Waals surface area (Å²) in [4.78, 5) is 13.0. The van der Waals surface area contributed by atoms with Crippen LogP contribution in [0.1, 0.15) is 11.1 Å². The van der Waals surface area contributed by atoms with Crippen LogP contribution in [0, 0.1) is 13.8 Å². The van der Waals surface area contributed by atoms with Gasteiger partial charge < -0.3 is 11.1 Å². The van der Waals surface area contributed by atoms with Crippen molar-refractivity contribution in [2.75, 3.05) is 16.8 Å². The fourth-order valence-electron chi connectivity index (χ4n) is 1.77. The first-order valence-electron chi connectivity index (χ1n) is 6.50. The molecule has 1 amide bonds. The lowest BCUT2D eigenvalue weighted by molar-refractivity contribution is -0.113. The molecular weight excluding hydrogens is 304 g/mol. The Balaban J connectivity index is 1.92. The molecule has 2 aromatic carbocycles. The quantitative estimate of drug-likeness (QED) is 0.653. The molecule has 0 radical (unpaired) electrons. The number of thioether (sulfide) groups is 1. The molecule has 2 rings (SSSR count). The first-order valence-corrected chi connectivity index (χ1v) is 7.87. The Morgan fingerprint density at radius 2 is 1.95 bits per heavy atom. The summed E-state index contributed by atoms with van der Waals surface area (Å²) in [6.07, 6.45) is 0. The van der Waals surface area contributed by atoms with Gasteiger partial charge in [0.05, 0.1) is 16.5 Å². The van der Waals surface area contributed by atoms with Gasteiger partial charge in [0.25, 0.3) is 0 Å². The summed E-state index contributed by atoms with van der Waals surface area (Å²) in [7, 11) is 0. The van der Waals surface area contributed by atoms with Crippen LogP contribution in [0.25, 0.3) is 0 Å². The zero-order chi connectivity index (χ0) is 15.4. The molecule has 0 saturated heterocycles. The summed E-state index contributed by atoms with van der Waals surface area (Å²) < 4.78 is 0. The molecule has 0 unspecified atom stereocenters. The van der Waals surface area contributed by atoms with Gasteiger partial charge in [-0.05, 0) is 55.3 Å². The standard InChI is InChI=1S/C16H17ClN2OS/c1-10-3-5-13(7-11(10)2)21-9-16(20)19-12-4-6-14(17)15(18)8-12/h3-8H,9,18H2,1-2H3,(H,19,20). The third-order valence-electron chi connectivity index (χ3n) is 3.13. The second-order valence-electron chi connectivity index (χ2n) is 4.82. The van der Waals surface area contributed by atoms with Gasteiger partial charge >= 0.3 is 0 Å². The molecule has 0 spiro atoms. The monoisotopic (exact) mass is 320 g/mol. The van der Waals surface area contributed by atoms with Crippen LogP contribution in [-0.2, 0) is 4.79 Å². The van der Waals surface area contributed by atoms with Gasteiger partial charge in [0.1, 0.15) is 0 Å². The predicted molar refractivity (Wildman–Crippen MR) is 91.1 cm³/mol. The average Bonchev–Trinajstić information content (AvgIpc) is 2.44. The normalized spacial score (nSPS) is 10.4. The predicted octanol–water partition coefficient (Wildman–Crippen LogP) is 4.27. The Morgan fingerprint density at radius 3 is 2.62 bits per heavy atom. The number of benzene rings is 2. The maximum atomic E-state index is 11.9. The summed E-state index contributed by atoms with van der Waals surface area (Å²) in [5.41, 5.74) is 9.29. The van der Waals surface area contributed by atoms with Crippen molar-refractivity contribution in [1.29, 1.82) is 0 Å². The van der Waals surface area contributed by atoms with Crippen LogP contribution in [0.2, 0.25) is 5.02 Å². The minimum Gasteiger partial charge on any atom is -0.397 e. The van der Waals surface area contributed by atoms with Crippen molar-refractivity contribution in [2.45, 2.75) is 18.7 Å². The second kappa shape index (κ2) is 6.87. The van der Waals surface area contributed by atoms with E-state index in [1.165, 1.54) is 22.9 Å². The van der Waals surface area contributed by atoms with E-state index in [9.17, 15) is 4.79 Å². The summed E-state index contributed by atoms with van der Waals surface area (Å²) in [6, 6.07) is 11.2. The van der Waals surface area contributed by atoms with Crippen molar-refractivity contribution < 1.29 is 4.79 Å². The number of nitrogens with one attached hydrogen (secondary N) is 1. The van der Waals surface area contributed by atoms with Gasteiger partial charge in [-0.3, -0.25) is 4.79 Å². The number of nitrogens with two attached hydrogens (primary N) is 1. The zero-order valence-electron chi connectivity index (χ0n) is 11.9. The van der Waals surface area contributed by atoms with E-state index in [4.69, 9.17) is 17.3 Å². The Kier molecular flexibility index (Phi) is 5.15. The number of aryl methyl sites for hydroxylation is 2. The van der Waals surface area contributed by atoms with Crippen LogP contribution in [0.3, 0.4) is 0 Å². The lowest BCUT2D eigenvalue weighted by Crippen LogP contribution is -2.14. The van der Waals surface area contributed by atoms with Crippen molar-refractivity contribution in [2.24, 2.45) is 0 Å². The molecule has 3 N–H and O–H groups in total. The number of amides is 1. The molecular formula is C16H17ClN2OS. The van der Waals surface area contributed by atoms with Crippen LogP contribution in [0.15, 0.2) is 41.3 Å². The minimum absolute atomic E-state index is 0.0695. The lowest BCUT2D eigenvalue weighted by atomic mass is 10.1. The average molecular weight is 321 g/mol. The van der Waals surface area contributed by atoms with Crippen LogP contribution in [-0.4, -0.2) is 11.7 Å². The van der Waals surface area contributed by atoms with E-state index in [0.717, 1.165) is 4.90 Å². The van der Waals surface area contributed by atoms with Gasteiger partial charge in [-0.15, -0.1) is 11.8 Å². The minimum atomic E-state index is -0.0695. The molecule has 3 nitrogen and oxygen atoms in total. The summed E-state index contributed by atoms with van der Waals surface area (Å²) in [5, 5.41) is 3.29. The molecule has 0 heterocycles. The van der Waals surface area contributed by atoms with E-state index >= 15 is 0 Å². The third-order valence-corrected chi connectivity index (χ3v) is 4.47. The maximum absolute atomic E-state index is 11.9. The van der Waals surface area contributed by atoms with E-state index in [2.05, 4.69) is 31.3 Å². The van der Waals surface area contributed by atoms with Crippen LogP contribution in [0.4, 0.5) is 11.4 Å². The van der Waals surface area contributed by atoms with Crippen LogP contribution < -0.4 is 11.1 Å². The summed E-state index contributed by atoms with van der Waals surface area (Å²) in [6.45, 7) is 4.14. The van der Waals surface area contributed by atoms with Gasteiger partial charge in [-0.25, -0.2) is 0 Å². The molecule has 0 aromatic heterocycles. The molecule has 0 aliphatic carbocycles. The Morgan fingerprint density at radius 1 is 1.19 bits per heavy atom. The number of anilines is 2. The van der Waals surface area contributed by atoms with Crippen molar-refractivity contribution in [3.63, 3.8) is 0 Å². The Bertz CT molecular complexity index is 673. The van der Waals surface area contributed by atoms with Crippen molar-refractivity contribution in [3.8, 4) is 0 Å². The molecule has 0 saturated carbocycles. The van der Waals surface area contributed by atoms with E-state index in [-0.39, 0.29) is 5.91 Å². The number of rotatable bonds is 4. The molecule has 0 aliphatic rings. The zero-order valence-corrected chi connectivity index (χ0v) is 13.5. The van der Waals surface area contributed by atoms with Gasteiger partial charge in [0, 0.05) is 10.6 Å². The highest BCUT2D eigenvalue weighted by Gasteiger charge is 2.06. The number of carbonyl (C=O) groups excluding carboxylic acids is 1. The lowest BCUT2D eigenvalue weighted by Gasteiger charge is -2.08. The largest absolute Gasteiger partial charge is 0.397 e. The SMILES string of the molecule is Cc1ccc(SCC(=O)Nc2ccc(Cl)c(N)c2)cc1C. The van der Waals surface area contributed by atoms with Crippen molar-refractivity contribution in [1.82, 2.24) is 0 Å². The first-order chi connectivity index (χ1) is 9.95. The highest BCUT2D eigenvalue weighted by Crippen LogP contribution is 2.24. The van der Waals surface area contributed by atoms with E-state index in [1.54, 1.807) is 18.2 Å². The number of halogens is 1. The van der Waals surface area contributed by atoms with Gasteiger partial charge in [-0.1, -0.05) is 17.7 Å². The molecule has 110 valence electrons. The van der Waals surface area contributed by atoms with Crippen molar-refractivity contribution in [3.05, 3.63) is 52.5 Å². The molecule has 5 heteroatoms. The highest BCUT2D eigenvalue weighted by atomic mass is 35.5. The smallest absolute Gasteiger partial charge is 0.234 e. The summed E-state index contributed by atoms with van der Waals surface area (Å²) in [5.74, 6) is 0.283. The van der Waals surface area contributed by atoms with E-state index < -0.39 is 0 Å². The van der Waals surface area contributed by atoms with Crippen molar-refractivity contribution >= 4 is 40.6 Å². The first kappa shape index (κ1) is 15.7. The molecule has 0 fully saturated rings. The topological polar surface area (TPSA) is 55.1 Å².